The van der Waals surface area contributed by atoms with Crippen molar-refractivity contribution in [2.24, 2.45) is 0 Å². The normalized spacial score (nSPS) is 19.1. The van der Waals surface area contributed by atoms with Crippen LogP contribution in [0, 0.1) is 0 Å². The molecule has 0 aromatic carbocycles. The van der Waals surface area contributed by atoms with Gasteiger partial charge in [-0.1, -0.05) is 13.3 Å². The van der Waals surface area contributed by atoms with Gasteiger partial charge in [0.25, 0.3) is 0 Å². The molecule has 5 nitrogen and oxygen atoms in total. The van der Waals surface area contributed by atoms with Crippen LogP contribution < -0.4 is 14.8 Å². The van der Waals surface area contributed by atoms with E-state index in [1.54, 1.807) is 12.4 Å². The van der Waals surface area contributed by atoms with Gasteiger partial charge in [-0.25, -0.2) is 0 Å². The summed E-state index contributed by atoms with van der Waals surface area (Å²) in [6.07, 6.45) is 9.08. The molecule has 2 rings (SSSR count). The lowest BCUT2D eigenvalue weighted by atomic mass is 10.0. The Hall–Kier alpha value is -1.36. The maximum atomic E-state index is 5.64. The predicted octanol–water partition coefficient (Wildman–Crippen LogP) is 2.18. The van der Waals surface area contributed by atoms with E-state index in [9.17, 15) is 0 Å². The molecule has 2 heterocycles. The van der Waals surface area contributed by atoms with Crippen LogP contribution in [0.3, 0.4) is 0 Å². The Labute approximate surface area is 114 Å². The highest BCUT2D eigenvalue weighted by Gasteiger charge is 2.12. The maximum absolute atomic E-state index is 5.64. The summed E-state index contributed by atoms with van der Waals surface area (Å²) in [5.41, 5.74) is 0. The molecule has 0 radical (unpaired) electrons. The molecule has 1 N–H and O–H groups in total. The zero-order chi connectivity index (χ0) is 13.3. The van der Waals surface area contributed by atoms with Crippen molar-refractivity contribution in [3.63, 3.8) is 0 Å². The van der Waals surface area contributed by atoms with Crippen LogP contribution in [0.4, 0.5) is 0 Å². The van der Waals surface area contributed by atoms with Crippen molar-refractivity contribution < 1.29 is 9.47 Å². The second kappa shape index (κ2) is 7.94. The predicted molar refractivity (Wildman–Crippen MR) is 73.6 cm³/mol. The van der Waals surface area contributed by atoms with Gasteiger partial charge in [-0.2, -0.15) is 4.98 Å². The fraction of sp³-hybridized carbons (Fsp3) is 0.714. The molecule has 106 valence electrons. The van der Waals surface area contributed by atoms with E-state index in [0.717, 1.165) is 19.4 Å². The zero-order valence-electron chi connectivity index (χ0n) is 11.6. The summed E-state index contributed by atoms with van der Waals surface area (Å²) in [5.74, 6) is 1.08. The van der Waals surface area contributed by atoms with Gasteiger partial charge in [0.2, 0.25) is 11.8 Å². The standard InChI is InChI=1S/C14H23N3O2/c1-2-8-18-13-10-15-11-14(17-13)19-9-6-12-5-3-4-7-16-12/h10-12,16H,2-9H2,1H3. The Balaban J connectivity index is 1.72. The highest BCUT2D eigenvalue weighted by Crippen LogP contribution is 2.13. The Bertz CT molecular complexity index is 367. The van der Waals surface area contributed by atoms with Crippen molar-refractivity contribution in [1.82, 2.24) is 15.3 Å². The van der Waals surface area contributed by atoms with Gasteiger partial charge in [-0.3, -0.25) is 4.98 Å². The molecule has 1 saturated heterocycles. The van der Waals surface area contributed by atoms with E-state index in [1.807, 2.05) is 0 Å². The number of hydrogen-bond acceptors (Lipinski definition) is 5. The Kier molecular flexibility index (Phi) is 5.88. The summed E-state index contributed by atoms with van der Waals surface area (Å²) in [4.78, 5) is 8.34. The molecule has 5 heteroatoms. The van der Waals surface area contributed by atoms with Gasteiger partial charge < -0.3 is 14.8 Å². The number of nitrogens with zero attached hydrogens (tertiary/aromatic N) is 2. The first-order valence-electron chi connectivity index (χ1n) is 7.19. The molecule has 0 bridgehead atoms. The van der Waals surface area contributed by atoms with Gasteiger partial charge in [-0.05, 0) is 32.2 Å². The number of nitrogens with one attached hydrogen (secondary N) is 1. The molecule has 1 unspecified atom stereocenters. The summed E-state index contributed by atoms with van der Waals surface area (Å²) in [6, 6.07) is 0.584. The first-order chi connectivity index (χ1) is 9.38. The third-order valence-corrected chi connectivity index (χ3v) is 3.17. The van der Waals surface area contributed by atoms with E-state index in [4.69, 9.17) is 9.47 Å². The van der Waals surface area contributed by atoms with Crippen molar-refractivity contribution in [2.75, 3.05) is 19.8 Å². The Morgan fingerprint density at radius 1 is 1.21 bits per heavy atom. The van der Waals surface area contributed by atoms with Crippen LogP contribution in [0.5, 0.6) is 11.8 Å². The number of piperidine rings is 1. The van der Waals surface area contributed by atoms with E-state index >= 15 is 0 Å². The molecule has 0 amide bonds. The van der Waals surface area contributed by atoms with Gasteiger partial charge in [0.05, 0.1) is 25.6 Å². The lowest BCUT2D eigenvalue weighted by Crippen LogP contribution is -2.35. The molecule has 1 fully saturated rings. The van der Waals surface area contributed by atoms with E-state index in [1.165, 1.54) is 19.3 Å². The van der Waals surface area contributed by atoms with Gasteiger partial charge in [0.1, 0.15) is 0 Å². The smallest absolute Gasteiger partial charge is 0.235 e. The second-order valence-electron chi connectivity index (χ2n) is 4.83. The van der Waals surface area contributed by atoms with Crippen molar-refractivity contribution >= 4 is 0 Å². The number of ether oxygens (including phenoxy) is 2. The van der Waals surface area contributed by atoms with Crippen LogP contribution in [-0.2, 0) is 0 Å². The van der Waals surface area contributed by atoms with Crippen molar-refractivity contribution in [1.29, 1.82) is 0 Å². The molecule has 0 saturated carbocycles. The van der Waals surface area contributed by atoms with E-state index in [0.29, 0.717) is 31.0 Å². The minimum absolute atomic E-state index is 0.537. The molecule has 1 aromatic rings. The third kappa shape index (κ3) is 5.03. The monoisotopic (exact) mass is 265 g/mol. The number of rotatable bonds is 7. The first-order valence-corrected chi connectivity index (χ1v) is 7.19. The molecular weight excluding hydrogens is 242 g/mol. The Morgan fingerprint density at radius 3 is 2.68 bits per heavy atom. The van der Waals surface area contributed by atoms with Crippen LogP contribution in [0.2, 0.25) is 0 Å². The quantitative estimate of drug-likeness (QED) is 0.819. The van der Waals surface area contributed by atoms with Gasteiger partial charge >= 0.3 is 0 Å². The summed E-state index contributed by atoms with van der Waals surface area (Å²) in [6.45, 7) is 4.52. The third-order valence-electron chi connectivity index (χ3n) is 3.17. The minimum atomic E-state index is 0.537. The molecule has 1 atom stereocenters. The lowest BCUT2D eigenvalue weighted by molar-refractivity contribution is 0.251. The average Bonchev–Trinajstić information content (AvgIpc) is 2.47. The summed E-state index contributed by atoms with van der Waals surface area (Å²) >= 11 is 0. The highest BCUT2D eigenvalue weighted by molar-refractivity contribution is 5.12. The van der Waals surface area contributed by atoms with Crippen molar-refractivity contribution in [2.45, 2.75) is 45.1 Å². The van der Waals surface area contributed by atoms with Gasteiger partial charge in [-0.15, -0.1) is 0 Å². The fourth-order valence-electron chi connectivity index (χ4n) is 2.15. The molecule has 1 aromatic heterocycles. The molecular formula is C14H23N3O2. The fourth-order valence-corrected chi connectivity index (χ4v) is 2.15. The topological polar surface area (TPSA) is 56.3 Å². The SMILES string of the molecule is CCCOc1cncc(OCCC2CCCCN2)n1. The molecule has 1 aliphatic heterocycles. The van der Waals surface area contributed by atoms with Crippen LogP contribution in [-0.4, -0.2) is 35.8 Å². The first kappa shape index (κ1) is 14.1. The van der Waals surface area contributed by atoms with E-state index in [-0.39, 0.29) is 0 Å². The largest absolute Gasteiger partial charge is 0.477 e. The minimum Gasteiger partial charge on any atom is -0.477 e. The number of hydrogen-bond donors (Lipinski definition) is 1. The lowest BCUT2D eigenvalue weighted by Gasteiger charge is -2.23. The van der Waals surface area contributed by atoms with Crippen molar-refractivity contribution in [3.8, 4) is 11.8 Å². The van der Waals surface area contributed by atoms with E-state index in [2.05, 4.69) is 22.2 Å². The molecule has 1 aliphatic rings. The summed E-state index contributed by atoms with van der Waals surface area (Å²) in [5, 5.41) is 3.50. The van der Waals surface area contributed by atoms with Crippen molar-refractivity contribution in [3.05, 3.63) is 12.4 Å². The molecule has 0 spiro atoms. The molecule has 19 heavy (non-hydrogen) atoms. The maximum Gasteiger partial charge on any atom is 0.235 e. The average molecular weight is 265 g/mol. The van der Waals surface area contributed by atoms with Crippen LogP contribution in [0.15, 0.2) is 12.4 Å². The van der Waals surface area contributed by atoms with Gasteiger partial charge in [0.15, 0.2) is 0 Å². The summed E-state index contributed by atoms with van der Waals surface area (Å²) in [7, 11) is 0. The number of aromatic nitrogens is 2. The zero-order valence-corrected chi connectivity index (χ0v) is 11.6. The summed E-state index contributed by atoms with van der Waals surface area (Å²) < 4.78 is 11.1. The van der Waals surface area contributed by atoms with Crippen LogP contribution in [0.1, 0.15) is 39.0 Å². The Morgan fingerprint density at radius 2 is 2.00 bits per heavy atom. The van der Waals surface area contributed by atoms with E-state index < -0.39 is 0 Å². The second-order valence-corrected chi connectivity index (χ2v) is 4.83. The highest BCUT2D eigenvalue weighted by atomic mass is 16.5. The molecule has 0 aliphatic carbocycles. The van der Waals surface area contributed by atoms with Crippen LogP contribution >= 0.6 is 0 Å². The van der Waals surface area contributed by atoms with Crippen LogP contribution in [0.25, 0.3) is 0 Å². The van der Waals surface area contributed by atoms with Gasteiger partial charge in [0, 0.05) is 6.04 Å².